The van der Waals surface area contributed by atoms with Crippen molar-refractivity contribution < 1.29 is 9.47 Å². The van der Waals surface area contributed by atoms with Gasteiger partial charge in [0, 0.05) is 31.7 Å². The minimum absolute atomic E-state index is 0.00479. The SMILES string of the molecule is COC(C)(C)CCC1(CNC2CC2)CCOC1. The average Bonchev–Trinajstić information content (AvgIpc) is 3.04. The van der Waals surface area contributed by atoms with Crippen LogP contribution in [0.5, 0.6) is 0 Å². The molecule has 17 heavy (non-hydrogen) atoms. The molecule has 2 fully saturated rings. The lowest BCUT2D eigenvalue weighted by molar-refractivity contribution is 0.00214. The van der Waals surface area contributed by atoms with Crippen LogP contribution in [0.4, 0.5) is 0 Å². The van der Waals surface area contributed by atoms with E-state index in [1.165, 1.54) is 25.7 Å². The van der Waals surface area contributed by atoms with E-state index in [2.05, 4.69) is 19.2 Å². The summed E-state index contributed by atoms with van der Waals surface area (Å²) in [4.78, 5) is 0. The molecule has 0 aromatic heterocycles. The van der Waals surface area contributed by atoms with Gasteiger partial charge in [0.1, 0.15) is 0 Å². The van der Waals surface area contributed by atoms with Crippen molar-refractivity contribution >= 4 is 0 Å². The highest BCUT2D eigenvalue weighted by atomic mass is 16.5. The Morgan fingerprint density at radius 2 is 2.18 bits per heavy atom. The summed E-state index contributed by atoms with van der Waals surface area (Å²) in [6.07, 6.45) is 6.24. The third kappa shape index (κ3) is 3.94. The first kappa shape index (κ1) is 13.3. The Morgan fingerprint density at radius 3 is 2.71 bits per heavy atom. The van der Waals surface area contributed by atoms with Gasteiger partial charge in [-0.2, -0.15) is 0 Å². The molecule has 1 N–H and O–H groups in total. The molecule has 1 saturated carbocycles. The predicted octanol–water partition coefficient (Wildman–Crippen LogP) is 2.35. The highest BCUT2D eigenvalue weighted by Crippen LogP contribution is 2.36. The molecular weight excluding hydrogens is 214 g/mol. The van der Waals surface area contributed by atoms with Crippen molar-refractivity contribution in [3.05, 3.63) is 0 Å². The van der Waals surface area contributed by atoms with E-state index in [0.29, 0.717) is 5.41 Å². The van der Waals surface area contributed by atoms with Gasteiger partial charge >= 0.3 is 0 Å². The van der Waals surface area contributed by atoms with Gasteiger partial charge in [-0.3, -0.25) is 0 Å². The van der Waals surface area contributed by atoms with Crippen molar-refractivity contribution in [1.29, 1.82) is 0 Å². The zero-order valence-corrected chi connectivity index (χ0v) is 11.6. The van der Waals surface area contributed by atoms with Gasteiger partial charge in [0.05, 0.1) is 12.2 Å². The Bertz CT molecular complexity index is 243. The summed E-state index contributed by atoms with van der Waals surface area (Å²) < 4.78 is 11.2. The van der Waals surface area contributed by atoms with Crippen molar-refractivity contribution in [1.82, 2.24) is 5.32 Å². The molecule has 0 radical (unpaired) electrons. The molecule has 3 heteroatoms. The first-order valence-corrected chi connectivity index (χ1v) is 6.92. The molecule has 1 saturated heterocycles. The summed E-state index contributed by atoms with van der Waals surface area (Å²) in [5, 5.41) is 3.67. The molecular formula is C14H27NO2. The van der Waals surface area contributed by atoms with Gasteiger partial charge in [-0.1, -0.05) is 0 Å². The first-order valence-electron chi connectivity index (χ1n) is 6.92. The van der Waals surface area contributed by atoms with Gasteiger partial charge in [0.15, 0.2) is 0 Å². The molecule has 2 aliphatic rings. The fourth-order valence-electron chi connectivity index (χ4n) is 2.39. The quantitative estimate of drug-likeness (QED) is 0.742. The highest BCUT2D eigenvalue weighted by Gasteiger charge is 2.37. The van der Waals surface area contributed by atoms with E-state index in [1.807, 2.05) is 0 Å². The summed E-state index contributed by atoms with van der Waals surface area (Å²) in [5.41, 5.74) is 0.355. The third-order valence-electron chi connectivity index (χ3n) is 4.34. The lowest BCUT2D eigenvalue weighted by Gasteiger charge is -2.32. The smallest absolute Gasteiger partial charge is 0.0623 e. The van der Waals surface area contributed by atoms with Crippen molar-refractivity contribution in [2.24, 2.45) is 5.41 Å². The number of rotatable bonds is 7. The van der Waals surface area contributed by atoms with Crippen LogP contribution in [0.1, 0.15) is 46.0 Å². The molecule has 0 aromatic rings. The lowest BCUT2D eigenvalue weighted by Crippen LogP contribution is -2.38. The van der Waals surface area contributed by atoms with E-state index in [1.54, 1.807) is 7.11 Å². The van der Waals surface area contributed by atoms with Crippen molar-refractivity contribution in [3.63, 3.8) is 0 Å². The molecule has 100 valence electrons. The van der Waals surface area contributed by atoms with Gasteiger partial charge in [-0.25, -0.2) is 0 Å². The van der Waals surface area contributed by atoms with Crippen LogP contribution >= 0.6 is 0 Å². The maximum absolute atomic E-state index is 5.63. The Balaban J connectivity index is 1.82. The summed E-state index contributed by atoms with van der Waals surface area (Å²) >= 11 is 0. The van der Waals surface area contributed by atoms with E-state index < -0.39 is 0 Å². The fourth-order valence-corrected chi connectivity index (χ4v) is 2.39. The minimum Gasteiger partial charge on any atom is -0.381 e. The largest absolute Gasteiger partial charge is 0.381 e. The van der Waals surface area contributed by atoms with Crippen molar-refractivity contribution in [3.8, 4) is 0 Å². The molecule has 0 aromatic carbocycles. The number of methoxy groups -OCH3 is 1. The fraction of sp³-hybridized carbons (Fsp3) is 1.00. The molecule has 0 bridgehead atoms. The summed E-state index contributed by atoms with van der Waals surface area (Å²) in [6.45, 7) is 7.32. The monoisotopic (exact) mass is 241 g/mol. The summed E-state index contributed by atoms with van der Waals surface area (Å²) in [6, 6.07) is 0.794. The van der Waals surface area contributed by atoms with Gasteiger partial charge in [0.2, 0.25) is 0 Å². The Morgan fingerprint density at radius 1 is 1.41 bits per heavy atom. The third-order valence-corrected chi connectivity index (χ3v) is 4.34. The molecule has 1 aliphatic heterocycles. The zero-order chi connectivity index (χ0) is 12.4. The number of hydrogen-bond donors (Lipinski definition) is 1. The molecule has 1 aliphatic carbocycles. The molecule has 1 atom stereocenters. The number of ether oxygens (including phenoxy) is 2. The molecule has 3 nitrogen and oxygen atoms in total. The highest BCUT2D eigenvalue weighted by molar-refractivity contribution is 4.91. The van der Waals surface area contributed by atoms with Gasteiger partial charge in [-0.15, -0.1) is 0 Å². The van der Waals surface area contributed by atoms with Crippen molar-refractivity contribution in [2.75, 3.05) is 26.9 Å². The second kappa shape index (κ2) is 5.25. The second-order valence-electron chi connectivity index (χ2n) is 6.42. The second-order valence-corrected chi connectivity index (χ2v) is 6.42. The maximum atomic E-state index is 5.63. The van der Waals surface area contributed by atoms with Crippen LogP contribution in [0.25, 0.3) is 0 Å². The molecule has 0 amide bonds. The van der Waals surface area contributed by atoms with Crippen molar-refractivity contribution in [2.45, 2.75) is 57.6 Å². The molecule has 1 heterocycles. The van der Waals surface area contributed by atoms with Crippen LogP contribution < -0.4 is 5.32 Å². The topological polar surface area (TPSA) is 30.5 Å². The lowest BCUT2D eigenvalue weighted by atomic mass is 9.79. The van der Waals surface area contributed by atoms with E-state index in [-0.39, 0.29) is 5.60 Å². The Labute approximate surface area is 105 Å². The van der Waals surface area contributed by atoms with E-state index in [9.17, 15) is 0 Å². The van der Waals surface area contributed by atoms with E-state index in [4.69, 9.17) is 9.47 Å². The molecule has 1 unspecified atom stereocenters. The Kier molecular flexibility index (Phi) is 4.11. The van der Waals surface area contributed by atoms with Crippen LogP contribution in [0.15, 0.2) is 0 Å². The van der Waals surface area contributed by atoms with E-state index in [0.717, 1.165) is 32.2 Å². The summed E-state index contributed by atoms with van der Waals surface area (Å²) in [7, 11) is 1.81. The normalized spacial score (nSPS) is 29.8. The van der Waals surface area contributed by atoms with Crippen LogP contribution in [0.2, 0.25) is 0 Å². The van der Waals surface area contributed by atoms with Gasteiger partial charge < -0.3 is 14.8 Å². The standard InChI is InChI=1S/C14H27NO2/c1-13(2,16-3)6-7-14(8-9-17-11-14)10-15-12-4-5-12/h12,15H,4-11H2,1-3H3. The first-order chi connectivity index (χ1) is 8.05. The van der Waals surface area contributed by atoms with Crippen LogP contribution in [0, 0.1) is 5.41 Å². The van der Waals surface area contributed by atoms with E-state index >= 15 is 0 Å². The number of nitrogens with one attached hydrogen (secondary N) is 1. The Hall–Kier alpha value is -0.120. The number of hydrogen-bond acceptors (Lipinski definition) is 3. The van der Waals surface area contributed by atoms with Crippen LogP contribution in [0.3, 0.4) is 0 Å². The molecule has 0 spiro atoms. The minimum atomic E-state index is -0.00479. The average molecular weight is 241 g/mol. The maximum Gasteiger partial charge on any atom is 0.0623 e. The summed E-state index contributed by atoms with van der Waals surface area (Å²) in [5.74, 6) is 0. The van der Waals surface area contributed by atoms with Gasteiger partial charge in [-0.05, 0) is 46.0 Å². The predicted molar refractivity (Wildman–Crippen MR) is 69.2 cm³/mol. The van der Waals surface area contributed by atoms with Crippen LogP contribution in [-0.2, 0) is 9.47 Å². The zero-order valence-electron chi connectivity index (χ0n) is 11.6. The van der Waals surface area contributed by atoms with Gasteiger partial charge in [0.25, 0.3) is 0 Å². The molecule has 2 rings (SSSR count). The van der Waals surface area contributed by atoms with Crippen LogP contribution in [-0.4, -0.2) is 38.5 Å².